The minimum absolute atomic E-state index is 0.309. The molecular weight excluding hydrogens is 328 g/mol. The molecule has 0 aliphatic carbocycles. The summed E-state index contributed by atoms with van der Waals surface area (Å²) in [6, 6.07) is 9.85. The topological polar surface area (TPSA) is 36.9 Å². The van der Waals surface area contributed by atoms with Crippen molar-refractivity contribution in [3.8, 4) is 5.75 Å². The SMILES string of the molecule is CCCCCCCCC(Oc1ccccc1)C(OCC)(OCC)OCC. The largest absolute Gasteiger partial charge is 0.482 e. The third-order valence-electron chi connectivity index (χ3n) is 4.27. The van der Waals surface area contributed by atoms with Crippen molar-refractivity contribution in [2.45, 2.75) is 84.7 Å². The number of hydrogen-bond donors (Lipinski definition) is 0. The first kappa shape index (κ1) is 22.9. The van der Waals surface area contributed by atoms with Gasteiger partial charge in [-0.2, -0.15) is 0 Å². The number of rotatable bonds is 16. The highest BCUT2D eigenvalue weighted by Crippen LogP contribution is 2.29. The first-order chi connectivity index (χ1) is 12.7. The van der Waals surface area contributed by atoms with Gasteiger partial charge in [-0.05, 0) is 45.7 Å². The van der Waals surface area contributed by atoms with E-state index in [1.165, 1.54) is 32.1 Å². The first-order valence-electron chi connectivity index (χ1n) is 10.4. The van der Waals surface area contributed by atoms with Crippen LogP contribution >= 0.6 is 0 Å². The molecule has 0 bridgehead atoms. The van der Waals surface area contributed by atoms with E-state index in [9.17, 15) is 0 Å². The van der Waals surface area contributed by atoms with Crippen LogP contribution < -0.4 is 4.74 Å². The van der Waals surface area contributed by atoms with Crippen molar-refractivity contribution >= 4 is 0 Å². The zero-order valence-corrected chi connectivity index (χ0v) is 17.2. The molecule has 1 unspecified atom stereocenters. The highest BCUT2D eigenvalue weighted by molar-refractivity contribution is 5.21. The number of ether oxygens (including phenoxy) is 4. The summed E-state index contributed by atoms with van der Waals surface area (Å²) in [7, 11) is 0. The van der Waals surface area contributed by atoms with Gasteiger partial charge in [-0.25, -0.2) is 0 Å². The van der Waals surface area contributed by atoms with Crippen LogP contribution in [-0.2, 0) is 14.2 Å². The quantitative estimate of drug-likeness (QED) is 0.268. The Balaban J connectivity index is 2.83. The second kappa shape index (κ2) is 14.0. The molecular formula is C22H38O4. The molecule has 1 atom stereocenters. The van der Waals surface area contributed by atoms with Crippen LogP contribution in [0.4, 0.5) is 0 Å². The monoisotopic (exact) mass is 366 g/mol. The summed E-state index contributed by atoms with van der Waals surface area (Å²) >= 11 is 0. The van der Waals surface area contributed by atoms with Crippen LogP contribution in [0.3, 0.4) is 0 Å². The second-order valence-corrected chi connectivity index (χ2v) is 6.38. The predicted molar refractivity (Wildman–Crippen MR) is 106 cm³/mol. The lowest BCUT2D eigenvalue weighted by atomic mass is 10.1. The fraction of sp³-hybridized carbons (Fsp3) is 0.727. The van der Waals surface area contributed by atoms with Crippen molar-refractivity contribution in [3.05, 3.63) is 30.3 Å². The minimum atomic E-state index is -1.16. The van der Waals surface area contributed by atoms with Gasteiger partial charge in [0, 0.05) is 19.8 Å². The van der Waals surface area contributed by atoms with Gasteiger partial charge in [-0.15, -0.1) is 0 Å². The molecule has 1 rings (SSSR count). The zero-order chi connectivity index (χ0) is 19.1. The first-order valence-corrected chi connectivity index (χ1v) is 10.4. The Bertz CT molecular complexity index is 418. The summed E-state index contributed by atoms with van der Waals surface area (Å²) in [4.78, 5) is 0. The van der Waals surface area contributed by atoms with E-state index >= 15 is 0 Å². The van der Waals surface area contributed by atoms with Crippen LogP contribution in [-0.4, -0.2) is 31.9 Å². The van der Waals surface area contributed by atoms with Crippen molar-refractivity contribution < 1.29 is 18.9 Å². The Hall–Kier alpha value is -1.10. The number of benzene rings is 1. The molecule has 0 spiro atoms. The molecule has 0 saturated heterocycles. The molecule has 1 aromatic rings. The van der Waals surface area contributed by atoms with E-state index in [0.717, 1.165) is 18.6 Å². The fourth-order valence-corrected chi connectivity index (χ4v) is 3.09. The minimum Gasteiger partial charge on any atom is -0.482 e. The van der Waals surface area contributed by atoms with Crippen molar-refractivity contribution in [2.24, 2.45) is 0 Å². The molecule has 1 aromatic carbocycles. The van der Waals surface area contributed by atoms with E-state index in [1.807, 2.05) is 51.1 Å². The Kier molecular flexibility index (Phi) is 12.4. The smallest absolute Gasteiger partial charge is 0.322 e. The van der Waals surface area contributed by atoms with Crippen LogP contribution in [0.5, 0.6) is 5.75 Å². The zero-order valence-electron chi connectivity index (χ0n) is 17.2. The summed E-state index contributed by atoms with van der Waals surface area (Å²) in [5, 5.41) is 0. The van der Waals surface area contributed by atoms with Gasteiger partial charge in [-0.3, -0.25) is 0 Å². The standard InChI is InChI=1S/C22H38O4/c1-5-9-10-11-12-16-19-21(26-20-17-14-13-15-18-20)22(23-6-2,24-7-3)25-8-4/h13-15,17-18,21H,5-12,16,19H2,1-4H3. The lowest BCUT2D eigenvalue weighted by Crippen LogP contribution is -2.52. The molecule has 4 heteroatoms. The molecule has 0 aliphatic rings. The number of unbranched alkanes of at least 4 members (excludes halogenated alkanes) is 5. The maximum absolute atomic E-state index is 6.29. The maximum Gasteiger partial charge on any atom is 0.322 e. The lowest BCUT2D eigenvalue weighted by molar-refractivity contribution is -0.406. The van der Waals surface area contributed by atoms with Crippen LogP contribution in [0.25, 0.3) is 0 Å². The highest BCUT2D eigenvalue weighted by Gasteiger charge is 2.44. The second-order valence-electron chi connectivity index (χ2n) is 6.38. The molecule has 0 N–H and O–H groups in total. The number of para-hydroxylation sites is 1. The predicted octanol–water partition coefficient (Wildman–Crippen LogP) is 5.95. The van der Waals surface area contributed by atoms with Crippen LogP contribution in [0.15, 0.2) is 30.3 Å². The Morgan fingerprint density at radius 2 is 1.27 bits per heavy atom. The van der Waals surface area contributed by atoms with Gasteiger partial charge in [0.05, 0.1) is 0 Å². The third-order valence-corrected chi connectivity index (χ3v) is 4.27. The third kappa shape index (κ3) is 8.07. The summed E-state index contributed by atoms with van der Waals surface area (Å²) in [5.41, 5.74) is 0. The van der Waals surface area contributed by atoms with Crippen LogP contribution in [0, 0.1) is 0 Å². The molecule has 0 fully saturated rings. The van der Waals surface area contributed by atoms with Gasteiger partial charge >= 0.3 is 5.97 Å². The Labute approximate surface area is 160 Å². The van der Waals surface area contributed by atoms with Gasteiger partial charge in [0.25, 0.3) is 0 Å². The van der Waals surface area contributed by atoms with E-state index in [1.54, 1.807) is 0 Å². The maximum atomic E-state index is 6.29. The highest BCUT2D eigenvalue weighted by atomic mass is 16.9. The van der Waals surface area contributed by atoms with E-state index in [2.05, 4.69) is 6.92 Å². The van der Waals surface area contributed by atoms with Crippen molar-refractivity contribution in [1.82, 2.24) is 0 Å². The molecule has 0 heterocycles. The molecule has 150 valence electrons. The summed E-state index contributed by atoms with van der Waals surface area (Å²) in [6.45, 7) is 9.62. The van der Waals surface area contributed by atoms with Crippen molar-refractivity contribution in [1.29, 1.82) is 0 Å². The van der Waals surface area contributed by atoms with Gasteiger partial charge in [0.1, 0.15) is 5.75 Å². The van der Waals surface area contributed by atoms with Crippen LogP contribution in [0.2, 0.25) is 0 Å². The summed E-state index contributed by atoms with van der Waals surface area (Å²) in [6.07, 6.45) is 7.92. The average molecular weight is 367 g/mol. The normalized spacial score (nSPS) is 12.9. The van der Waals surface area contributed by atoms with Crippen LogP contribution in [0.1, 0.15) is 72.6 Å². The summed E-state index contributed by atoms with van der Waals surface area (Å²) < 4.78 is 24.2. The average Bonchev–Trinajstić information content (AvgIpc) is 2.65. The fourth-order valence-electron chi connectivity index (χ4n) is 3.09. The molecule has 26 heavy (non-hydrogen) atoms. The van der Waals surface area contributed by atoms with Gasteiger partial charge in [-0.1, -0.05) is 57.2 Å². The summed E-state index contributed by atoms with van der Waals surface area (Å²) in [5.74, 6) is -0.343. The van der Waals surface area contributed by atoms with Gasteiger partial charge in [0.2, 0.25) is 0 Å². The van der Waals surface area contributed by atoms with Crippen molar-refractivity contribution in [3.63, 3.8) is 0 Å². The van der Waals surface area contributed by atoms with Gasteiger partial charge in [0.15, 0.2) is 6.10 Å². The molecule has 0 radical (unpaired) electrons. The Morgan fingerprint density at radius 1 is 0.731 bits per heavy atom. The van der Waals surface area contributed by atoms with E-state index in [4.69, 9.17) is 18.9 Å². The molecule has 0 saturated carbocycles. The van der Waals surface area contributed by atoms with E-state index < -0.39 is 5.97 Å². The molecule has 0 aromatic heterocycles. The molecule has 0 aliphatic heterocycles. The lowest BCUT2D eigenvalue weighted by Gasteiger charge is -2.38. The van der Waals surface area contributed by atoms with Crippen molar-refractivity contribution in [2.75, 3.05) is 19.8 Å². The molecule has 4 nitrogen and oxygen atoms in total. The Morgan fingerprint density at radius 3 is 1.81 bits per heavy atom. The van der Waals surface area contributed by atoms with Gasteiger partial charge < -0.3 is 18.9 Å². The number of hydrogen-bond acceptors (Lipinski definition) is 4. The van der Waals surface area contributed by atoms with E-state index in [-0.39, 0.29) is 6.10 Å². The molecule has 0 amide bonds. The van der Waals surface area contributed by atoms with E-state index in [0.29, 0.717) is 19.8 Å².